The minimum atomic E-state index is -0.480. The van der Waals surface area contributed by atoms with Crippen molar-refractivity contribution >= 4 is 17.5 Å². The molecule has 0 radical (unpaired) electrons. The monoisotopic (exact) mass is 257 g/mol. The van der Waals surface area contributed by atoms with E-state index in [0.717, 1.165) is 19.4 Å². The molecule has 1 aromatic heterocycles. The Kier molecular flexibility index (Phi) is 5.48. The highest BCUT2D eigenvalue weighted by Crippen LogP contribution is 2.16. The number of hydrogen-bond donors (Lipinski definition) is 1. The van der Waals surface area contributed by atoms with Crippen LogP contribution in [-0.4, -0.2) is 27.9 Å². The molecule has 0 saturated carbocycles. The fourth-order valence-corrected chi connectivity index (χ4v) is 1.46. The number of alkyl halides is 1. The maximum Gasteiger partial charge on any atom is 0.226 e. The Hall–Kier alpha value is -1.03. The lowest BCUT2D eigenvalue weighted by Crippen LogP contribution is -2.38. The molecular weight excluding hydrogens is 238 g/mol. The van der Waals surface area contributed by atoms with Gasteiger partial charge in [0.1, 0.15) is 0 Å². The lowest BCUT2D eigenvalue weighted by molar-refractivity contribution is -0.128. The Morgan fingerprint density at radius 3 is 2.82 bits per heavy atom. The van der Waals surface area contributed by atoms with E-state index in [0.29, 0.717) is 12.4 Å². The Labute approximate surface area is 107 Å². The molecule has 0 aromatic carbocycles. The summed E-state index contributed by atoms with van der Waals surface area (Å²) in [5.41, 5.74) is -0.480. The quantitative estimate of drug-likeness (QED) is 0.600. The predicted octanol–water partition coefficient (Wildman–Crippen LogP) is 2.04. The summed E-state index contributed by atoms with van der Waals surface area (Å²) in [5.74, 6) is 0.364. The number of nitrogens with zero attached hydrogens (tertiary/aromatic N) is 2. The fraction of sp³-hybridized carbons (Fsp3) is 0.667. The first-order valence-electron chi connectivity index (χ1n) is 5.86. The molecule has 17 heavy (non-hydrogen) atoms. The molecule has 1 amide bonds. The topological polar surface area (TPSA) is 46.9 Å². The SMILES string of the molecule is CC(C)(CCl)C(=O)NCCCCn1ccnc1. The molecule has 96 valence electrons. The van der Waals surface area contributed by atoms with Crippen LogP contribution >= 0.6 is 11.6 Å². The number of aryl methyl sites for hydroxylation is 1. The zero-order valence-electron chi connectivity index (χ0n) is 10.4. The van der Waals surface area contributed by atoms with Gasteiger partial charge in [-0.2, -0.15) is 0 Å². The molecule has 0 bridgehead atoms. The third-order valence-corrected chi connectivity index (χ3v) is 3.30. The second-order valence-corrected chi connectivity index (χ2v) is 5.05. The van der Waals surface area contributed by atoms with Crippen LogP contribution in [0.15, 0.2) is 18.7 Å². The summed E-state index contributed by atoms with van der Waals surface area (Å²) in [5, 5.41) is 2.91. The van der Waals surface area contributed by atoms with Gasteiger partial charge in [-0.3, -0.25) is 4.79 Å². The van der Waals surface area contributed by atoms with E-state index in [2.05, 4.69) is 10.3 Å². The predicted molar refractivity (Wildman–Crippen MR) is 69.0 cm³/mol. The van der Waals surface area contributed by atoms with Gasteiger partial charge in [0.15, 0.2) is 0 Å². The van der Waals surface area contributed by atoms with Crippen molar-refractivity contribution in [3.05, 3.63) is 18.7 Å². The second-order valence-electron chi connectivity index (χ2n) is 4.78. The van der Waals surface area contributed by atoms with Crippen LogP contribution in [0, 0.1) is 5.41 Å². The summed E-state index contributed by atoms with van der Waals surface area (Å²) < 4.78 is 2.03. The van der Waals surface area contributed by atoms with E-state index in [4.69, 9.17) is 11.6 Å². The first-order valence-corrected chi connectivity index (χ1v) is 6.40. The Balaban J connectivity index is 2.10. The molecule has 0 saturated heterocycles. The summed E-state index contributed by atoms with van der Waals surface area (Å²) in [6.45, 7) is 5.34. The van der Waals surface area contributed by atoms with E-state index in [1.807, 2.05) is 24.6 Å². The molecule has 0 atom stereocenters. The van der Waals surface area contributed by atoms with Crippen LogP contribution in [0.2, 0.25) is 0 Å². The molecule has 0 unspecified atom stereocenters. The number of carbonyl (C=O) groups excluding carboxylic acids is 1. The van der Waals surface area contributed by atoms with Crippen molar-refractivity contribution in [3.8, 4) is 0 Å². The first kappa shape index (κ1) is 14.0. The van der Waals surface area contributed by atoms with Crippen LogP contribution in [-0.2, 0) is 11.3 Å². The van der Waals surface area contributed by atoms with E-state index in [1.54, 1.807) is 12.5 Å². The van der Waals surface area contributed by atoms with Gasteiger partial charge in [-0.1, -0.05) is 0 Å². The van der Waals surface area contributed by atoms with Gasteiger partial charge in [0.05, 0.1) is 11.7 Å². The normalized spacial score (nSPS) is 11.5. The van der Waals surface area contributed by atoms with Crippen LogP contribution in [0.25, 0.3) is 0 Å². The minimum Gasteiger partial charge on any atom is -0.356 e. The molecule has 0 aliphatic rings. The van der Waals surface area contributed by atoms with Crippen LogP contribution in [0.4, 0.5) is 0 Å². The van der Waals surface area contributed by atoms with E-state index in [1.165, 1.54) is 0 Å². The minimum absolute atomic E-state index is 0.0233. The van der Waals surface area contributed by atoms with Crippen molar-refractivity contribution in [3.63, 3.8) is 0 Å². The number of aromatic nitrogens is 2. The van der Waals surface area contributed by atoms with Crippen LogP contribution in [0.5, 0.6) is 0 Å². The molecule has 0 aliphatic carbocycles. The van der Waals surface area contributed by atoms with Gasteiger partial charge in [-0.05, 0) is 26.7 Å². The van der Waals surface area contributed by atoms with Gasteiger partial charge >= 0.3 is 0 Å². The highest BCUT2D eigenvalue weighted by atomic mass is 35.5. The molecular formula is C12H20ClN3O. The van der Waals surface area contributed by atoms with Gasteiger partial charge < -0.3 is 9.88 Å². The van der Waals surface area contributed by atoms with Crippen molar-refractivity contribution in [2.75, 3.05) is 12.4 Å². The average molecular weight is 258 g/mol. The summed E-state index contributed by atoms with van der Waals surface area (Å²) >= 11 is 5.72. The summed E-state index contributed by atoms with van der Waals surface area (Å²) in [4.78, 5) is 15.6. The van der Waals surface area contributed by atoms with Gasteiger partial charge in [0.2, 0.25) is 5.91 Å². The fourth-order valence-electron chi connectivity index (χ4n) is 1.34. The molecule has 1 aromatic rings. The largest absolute Gasteiger partial charge is 0.356 e. The lowest BCUT2D eigenvalue weighted by Gasteiger charge is -2.20. The van der Waals surface area contributed by atoms with Crippen molar-refractivity contribution in [2.45, 2.75) is 33.2 Å². The zero-order chi connectivity index (χ0) is 12.7. The van der Waals surface area contributed by atoms with Gasteiger partial charge in [0, 0.05) is 31.4 Å². The summed E-state index contributed by atoms with van der Waals surface area (Å²) in [6, 6.07) is 0. The number of unbranched alkanes of at least 4 members (excludes halogenated alkanes) is 1. The third-order valence-electron chi connectivity index (χ3n) is 2.64. The number of amides is 1. The van der Waals surface area contributed by atoms with Crippen LogP contribution < -0.4 is 5.32 Å². The molecule has 1 heterocycles. The number of carbonyl (C=O) groups is 1. The van der Waals surface area contributed by atoms with Crippen molar-refractivity contribution in [1.29, 1.82) is 0 Å². The third kappa shape index (κ3) is 4.77. The molecule has 0 aliphatic heterocycles. The van der Waals surface area contributed by atoms with E-state index < -0.39 is 5.41 Å². The van der Waals surface area contributed by atoms with Gasteiger partial charge in [0.25, 0.3) is 0 Å². The van der Waals surface area contributed by atoms with Crippen LogP contribution in [0.3, 0.4) is 0 Å². The molecule has 4 nitrogen and oxygen atoms in total. The Morgan fingerprint density at radius 2 is 2.24 bits per heavy atom. The number of halogens is 1. The highest BCUT2D eigenvalue weighted by molar-refractivity contribution is 6.19. The molecule has 0 spiro atoms. The Morgan fingerprint density at radius 1 is 1.47 bits per heavy atom. The second kappa shape index (κ2) is 6.64. The lowest BCUT2D eigenvalue weighted by atomic mass is 9.95. The average Bonchev–Trinajstić information content (AvgIpc) is 2.81. The van der Waals surface area contributed by atoms with Crippen molar-refractivity contribution < 1.29 is 4.79 Å². The molecule has 1 rings (SSSR count). The van der Waals surface area contributed by atoms with Gasteiger partial charge in [-0.25, -0.2) is 4.98 Å². The maximum atomic E-state index is 11.7. The smallest absolute Gasteiger partial charge is 0.226 e. The summed E-state index contributed by atoms with van der Waals surface area (Å²) in [7, 11) is 0. The molecule has 5 heteroatoms. The Bertz CT molecular complexity index is 336. The maximum absolute atomic E-state index is 11.7. The molecule has 0 fully saturated rings. The van der Waals surface area contributed by atoms with Crippen molar-refractivity contribution in [2.24, 2.45) is 5.41 Å². The number of rotatable bonds is 7. The van der Waals surface area contributed by atoms with E-state index >= 15 is 0 Å². The standard InChI is InChI=1S/C12H20ClN3O/c1-12(2,9-13)11(17)15-5-3-4-7-16-8-6-14-10-16/h6,8,10H,3-5,7,9H2,1-2H3,(H,15,17). The summed E-state index contributed by atoms with van der Waals surface area (Å²) in [6.07, 6.45) is 7.50. The van der Waals surface area contributed by atoms with E-state index in [-0.39, 0.29) is 5.91 Å². The van der Waals surface area contributed by atoms with Gasteiger partial charge in [-0.15, -0.1) is 11.6 Å². The highest BCUT2D eigenvalue weighted by Gasteiger charge is 2.25. The molecule has 1 N–H and O–H groups in total. The van der Waals surface area contributed by atoms with Crippen molar-refractivity contribution in [1.82, 2.24) is 14.9 Å². The van der Waals surface area contributed by atoms with E-state index in [9.17, 15) is 4.79 Å². The number of hydrogen-bond acceptors (Lipinski definition) is 2. The first-order chi connectivity index (χ1) is 8.06. The number of nitrogens with one attached hydrogen (secondary N) is 1. The van der Waals surface area contributed by atoms with Crippen LogP contribution in [0.1, 0.15) is 26.7 Å². The number of imidazole rings is 1. The zero-order valence-corrected chi connectivity index (χ0v) is 11.2.